The highest BCUT2D eigenvalue weighted by Gasteiger charge is 2.24. The second-order valence-electron chi connectivity index (χ2n) is 4.46. The van der Waals surface area contributed by atoms with E-state index >= 15 is 0 Å². The van der Waals surface area contributed by atoms with Crippen LogP contribution in [0.1, 0.15) is 23.9 Å². The van der Waals surface area contributed by atoms with Crippen LogP contribution in [0.4, 0.5) is 5.13 Å². The van der Waals surface area contributed by atoms with Crippen LogP contribution in [0.15, 0.2) is 0 Å². The molecule has 0 spiro atoms. The van der Waals surface area contributed by atoms with Crippen LogP contribution in [0.25, 0.3) is 0 Å². The second kappa shape index (κ2) is 5.54. The molecule has 0 amide bonds. The number of hydrogen-bond acceptors (Lipinski definition) is 6. The lowest BCUT2D eigenvalue weighted by atomic mass is 10.2. The maximum atomic E-state index is 11.4. The van der Waals surface area contributed by atoms with Crippen LogP contribution in [0, 0.1) is 0 Å². The fourth-order valence-electron chi connectivity index (χ4n) is 2.00. The Kier molecular flexibility index (Phi) is 4.24. The normalized spacial score (nSPS) is 19.1. The summed E-state index contributed by atoms with van der Waals surface area (Å²) in [6, 6.07) is 0. The van der Waals surface area contributed by atoms with Gasteiger partial charge < -0.3 is 10.6 Å². The van der Waals surface area contributed by atoms with Gasteiger partial charge in [0.1, 0.15) is 0 Å². The molecule has 0 aliphatic carbocycles. The summed E-state index contributed by atoms with van der Waals surface area (Å²) in [5, 5.41) is 0.925. The van der Waals surface area contributed by atoms with Crippen molar-refractivity contribution >= 4 is 26.3 Å². The molecular formula is C11H19N3O2S2. The topological polar surface area (TPSA) is 76.3 Å². The average Bonchev–Trinajstić information content (AvgIpc) is 2.73. The van der Waals surface area contributed by atoms with Crippen molar-refractivity contribution in [3.05, 3.63) is 10.6 Å². The summed E-state index contributed by atoms with van der Waals surface area (Å²) in [6.07, 6.45) is 1.99. The van der Waals surface area contributed by atoms with Crippen molar-refractivity contribution in [2.24, 2.45) is 5.73 Å². The van der Waals surface area contributed by atoms with Gasteiger partial charge in [-0.2, -0.15) is 0 Å². The van der Waals surface area contributed by atoms with E-state index < -0.39 is 9.84 Å². The summed E-state index contributed by atoms with van der Waals surface area (Å²) in [5.74, 6) is 0.460. The smallest absolute Gasteiger partial charge is 0.185 e. The molecule has 0 aromatic carbocycles. The Bertz CT molecular complexity index is 496. The first-order valence-corrected chi connectivity index (χ1v) is 8.83. The fourth-order valence-corrected chi connectivity index (χ4v) is 4.24. The average molecular weight is 289 g/mol. The van der Waals surface area contributed by atoms with Crippen LogP contribution < -0.4 is 10.6 Å². The first-order chi connectivity index (χ1) is 8.55. The van der Waals surface area contributed by atoms with E-state index in [0.29, 0.717) is 19.6 Å². The van der Waals surface area contributed by atoms with Crippen LogP contribution in [0.3, 0.4) is 0 Å². The lowest BCUT2D eigenvalue weighted by Gasteiger charge is -2.25. The Morgan fingerprint density at radius 1 is 1.39 bits per heavy atom. The summed E-state index contributed by atoms with van der Waals surface area (Å²) in [5.41, 5.74) is 6.80. The summed E-state index contributed by atoms with van der Waals surface area (Å²) in [7, 11) is -2.83. The molecule has 5 nitrogen and oxygen atoms in total. The Balaban J connectivity index is 2.14. The number of aryl methyl sites for hydroxylation is 1. The number of rotatable bonds is 4. The van der Waals surface area contributed by atoms with Crippen molar-refractivity contribution in [1.29, 1.82) is 0 Å². The van der Waals surface area contributed by atoms with E-state index in [4.69, 9.17) is 5.73 Å². The number of aromatic nitrogens is 1. The Hall–Kier alpha value is -0.660. The SMILES string of the molecule is CCCc1nc(N2CCS(=O)(=O)CC2)sc1CN. The number of sulfone groups is 1. The molecule has 1 aromatic rings. The first kappa shape index (κ1) is 13.8. The number of hydrogen-bond donors (Lipinski definition) is 1. The highest BCUT2D eigenvalue weighted by molar-refractivity contribution is 7.91. The van der Waals surface area contributed by atoms with E-state index in [2.05, 4.69) is 16.8 Å². The molecule has 0 unspecified atom stereocenters. The van der Waals surface area contributed by atoms with Gasteiger partial charge in [0.2, 0.25) is 0 Å². The molecule has 2 heterocycles. The second-order valence-corrected chi connectivity index (χ2v) is 7.83. The molecule has 1 aromatic heterocycles. The van der Waals surface area contributed by atoms with E-state index in [1.165, 1.54) is 0 Å². The zero-order valence-electron chi connectivity index (χ0n) is 10.6. The Morgan fingerprint density at radius 2 is 2.06 bits per heavy atom. The van der Waals surface area contributed by atoms with E-state index in [9.17, 15) is 8.42 Å². The van der Waals surface area contributed by atoms with Gasteiger partial charge in [0.05, 0.1) is 17.2 Å². The summed E-state index contributed by atoms with van der Waals surface area (Å²) >= 11 is 1.60. The van der Waals surface area contributed by atoms with Crippen LogP contribution in [0.2, 0.25) is 0 Å². The summed E-state index contributed by atoms with van der Waals surface area (Å²) in [4.78, 5) is 7.80. The summed E-state index contributed by atoms with van der Waals surface area (Å²) in [6.45, 7) is 3.72. The van der Waals surface area contributed by atoms with Crippen molar-refractivity contribution in [2.75, 3.05) is 29.5 Å². The molecule has 2 rings (SSSR count). The number of anilines is 1. The molecule has 1 saturated heterocycles. The number of thiazole rings is 1. The van der Waals surface area contributed by atoms with Crippen molar-refractivity contribution < 1.29 is 8.42 Å². The molecule has 0 atom stereocenters. The maximum absolute atomic E-state index is 11.4. The number of nitrogens with zero attached hydrogens (tertiary/aromatic N) is 2. The molecule has 0 saturated carbocycles. The van der Waals surface area contributed by atoms with Gasteiger partial charge in [0.15, 0.2) is 15.0 Å². The van der Waals surface area contributed by atoms with Gasteiger partial charge in [-0.3, -0.25) is 0 Å². The zero-order valence-corrected chi connectivity index (χ0v) is 12.2. The lowest BCUT2D eigenvalue weighted by Crippen LogP contribution is -2.40. The molecule has 7 heteroatoms. The van der Waals surface area contributed by atoms with Gasteiger partial charge in [-0.05, 0) is 6.42 Å². The first-order valence-electron chi connectivity index (χ1n) is 6.19. The zero-order chi connectivity index (χ0) is 13.2. The van der Waals surface area contributed by atoms with E-state index in [0.717, 1.165) is 28.5 Å². The fraction of sp³-hybridized carbons (Fsp3) is 0.727. The molecule has 0 radical (unpaired) electrons. The standard InChI is InChI=1S/C11H19N3O2S2/c1-2-3-9-10(8-12)17-11(13-9)14-4-6-18(15,16)7-5-14/h2-8,12H2,1H3. The van der Waals surface area contributed by atoms with Gasteiger partial charge in [-0.15, -0.1) is 11.3 Å². The number of nitrogens with two attached hydrogens (primary N) is 1. The molecular weight excluding hydrogens is 270 g/mol. The Morgan fingerprint density at radius 3 is 2.61 bits per heavy atom. The predicted molar refractivity (Wildman–Crippen MR) is 74.9 cm³/mol. The molecule has 1 aliphatic rings. The minimum Gasteiger partial charge on any atom is -0.346 e. The molecule has 2 N–H and O–H groups in total. The quantitative estimate of drug-likeness (QED) is 0.887. The third kappa shape index (κ3) is 3.02. The molecule has 0 bridgehead atoms. The van der Waals surface area contributed by atoms with Gasteiger partial charge in [-0.1, -0.05) is 13.3 Å². The van der Waals surface area contributed by atoms with E-state index in [1.807, 2.05) is 0 Å². The van der Waals surface area contributed by atoms with Crippen LogP contribution in [-0.4, -0.2) is 38.0 Å². The van der Waals surface area contributed by atoms with Crippen LogP contribution >= 0.6 is 11.3 Å². The monoisotopic (exact) mass is 289 g/mol. The molecule has 1 aliphatic heterocycles. The lowest BCUT2D eigenvalue weighted by molar-refractivity contribution is 0.586. The minimum absolute atomic E-state index is 0.230. The molecule has 102 valence electrons. The van der Waals surface area contributed by atoms with Gasteiger partial charge in [0, 0.05) is 24.5 Å². The predicted octanol–water partition coefficient (Wildman–Crippen LogP) is 0.789. The highest BCUT2D eigenvalue weighted by atomic mass is 32.2. The molecule has 18 heavy (non-hydrogen) atoms. The van der Waals surface area contributed by atoms with Gasteiger partial charge in [0.25, 0.3) is 0 Å². The minimum atomic E-state index is -2.83. The maximum Gasteiger partial charge on any atom is 0.185 e. The van der Waals surface area contributed by atoms with E-state index in [-0.39, 0.29) is 11.5 Å². The summed E-state index contributed by atoms with van der Waals surface area (Å²) < 4.78 is 22.8. The molecule has 1 fully saturated rings. The van der Waals surface area contributed by atoms with Crippen molar-refractivity contribution in [2.45, 2.75) is 26.3 Å². The van der Waals surface area contributed by atoms with Crippen LogP contribution in [0.5, 0.6) is 0 Å². The third-order valence-electron chi connectivity index (χ3n) is 3.05. The van der Waals surface area contributed by atoms with E-state index in [1.54, 1.807) is 11.3 Å². The third-order valence-corrected chi connectivity index (χ3v) is 5.84. The van der Waals surface area contributed by atoms with Crippen molar-refractivity contribution in [1.82, 2.24) is 4.98 Å². The Labute approximate surface area is 112 Å². The van der Waals surface area contributed by atoms with Gasteiger partial charge >= 0.3 is 0 Å². The highest BCUT2D eigenvalue weighted by Crippen LogP contribution is 2.28. The van der Waals surface area contributed by atoms with Crippen molar-refractivity contribution in [3.8, 4) is 0 Å². The van der Waals surface area contributed by atoms with Crippen LogP contribution in [-0.2, 0) is 22.8 Å². The van der Waals surface area contributed by atoms with Crippen molar-refractivity contribution in [3.63, 3.8) is 0 Å². The van der Waals surface area contributed by atoms with Gasteiger partial charge in [-0.25, -0.2) is 13.4 Å². The largest absolute Gasteiger partial charge is 0.346 e.